The molecule has 1 atom stereocenters. The van der Waals surface area contributed by atoms with Crippen LogP contribution in [0.2, 0.25) is 0 Å². The zero-order valence-electron chi connectivity index (χ0n) is 15.9. The molecule has 142 valence electrons. The Hall–Kier alpha value is -1.15. The summed E-state index contributed by atoms with van der Waals surface area (Å²) in [6, 6.07) is 8.49. The van der Waals surface area contributed by atoms with Crippen LogP contribution in [0.3, 0.4) is 0 Å². The van der Waals surface area contributed by atoms with Crippen molar-refractivity contribution in [1.29, 1.82) is 0 Å². The fraction of sp³-hybridized carbons (Fsp3) is 0.667. The molecule has 0 radical (unpaired) electrons. The molecule has 1 aromatic rings. The van der Waals surface area contributed by atoms with Crippen LogP contribution in [-0.4, -0.2) is 77.8 Å². The second-order valence-electron chi connectivity index (χ2n) is 7.01. The molecule has 1 fully saturated rings. The average Bonchev–Trinajstić information content (AvgIpc) is 2.57. The van der Waals surface area contributed by atoms with Crippen LogP contribution in [0.1, 0.15) is 24.9 Å². The minimum Gasteiger partial charge on any atom is -0.378 e. The number of hydrogen-bond donors (Lipinski definition) is 1. The van der Waals surface area contributed by atoms with E-state index in [0.717, 1.165) is 37.4 Å². The molecule has 0 spiro atoms. The molecule has 0 aliphatic carbocycles. The molecule has 6 nitrogen and oxygen atoms in total. The number of nitrogens with one attached hydrogen (secondary N) is 1. The van der Waals surface area contributed by atoms with Crippen LogP contribution >= 0.6 is 0 Å². The number of hydrogen-bond acceptors (Lipinski definition) is 5. The molecule has 0 amide bonds. The lowest BCUT2D eigenvalue weighted by atomic mass is 10.0. The van der Waals surface area contributed by atoms with Crippen molar-refractivity contribution in [1.82, 2.24) is 14.5 Å². The van der Waals surface area contributed by atoms with Gasteiger partial charge in [-0.05, 0) is 31.2 Å². The van der Waals surface area contributed by atoms with E-state index in [1.54, 1.807) is 0 Å². The number of benzene rings is 1. The van der Waals surface area contributed by atoms with Gasteiger partial charge < -0.3 is 9.80 Å². The lowest BCUT2D eigenvalue weighted by Crippen LogP contribution is -2.48. The Morgan fingerprint density at radius 3 is 2.24 bits per heavy atom. The second-order valence-corrected chi connectivity index (χ2v) is 8.93. The third-order valence-electron chi connectivity index (χ3n) is 4.74. The van der Waals surface area contributed by atoms with E-state index in [0.29, 0.717) is 13.0 Å². The highest BCUT2D eigenvalue weighted by Crippen LogP contribution is 2.24. The molecule has 25 heavy (non-hydrogen) atoms. The highest BCUT2D eigenvalue weighted by atomic mass is 32.2. The Morgan fingerprint density at radius 1 is 1.12 bits per heavy atom. The van der Waals surface area contributed by atoms with Crippen LogP contribution in [0, 0.1) is 0 Å². The minimum atomic E-state index is -3.20. The predicted molar refractivity (Wildman–Crippen MR) is 105 cm³/mol. The van der Waals surface area contributed by atoms with Crippen molar-refractivity contribution in [2.75, 3.05) is 64.5 Å². The summed E-state index contributed by atoms with van der Waals surface area (Å²) < 4.78 is 27.0. The van der Waals surface area contributed by atoms with Crippen LogP contribution < -0.4 is 9.62 Å². The Balaban J connectivity index is 2.16. The van der Waals surface area contributed by atoms with Gasteiger partial charge in [0.15, 0.2) is 0 Å². The first kappa shape index (κ1) is 20.2. The molecule has 0 aromatic heterocycles. The smallest absolute Gasteiger partial charge is 0.211 e. The molecule has 1 aliphatic rings. The van der Waals surface area contributed by atoms with E-state index in [4.69, 9.17) is 0 Å². The summed E-state index contributed by atoms with van der Waals surface area (Å²) >= 11 is 0. The van der Waals surface area contributed by atoms with E-state index >= 15 is 0 Å². The number of rotatable bonds is 8. The zero-order valence-corrected chi connectivity index (χ0v) is 16.7. The number of piperazine rings is 1. The third-order valence-corrected chi connectivity index (χ3v) is 6.29. The number of nitrogens with zero attached hydrogens (tertiary/aromatic N) is 3. The topological polar surface area (TPSA) is 55.9 Å². The van der Waals surface area contributed by atoms with E-state index in [1.165, 1.54) is 0 Å². The summed E-state index contributed by atoms with van der Waals surface area (Å²) in [5, 5.41) is 0. The van der Waals surface area contributed by atoms with Crippen molar-refractivity contribution in [3.8, 4) is 0 Å². The van der Waals surface area contributed by atoms with Gasteiger partial charge in [0, 0.05) is 58.5 Å². The van der Waals surface area contributed by atoms with Gasteiger partial charge in [0.05, 0.1) is 5.75 Å². The van der Waals surface area contributed by atoms with Crippen LogP contribution in [0.25, 0.3) is 0 Å². The fourth-order valence-electron chi connectivity index (χ4n) is 3.13. The average molecular weight is 369 g/mol. The molecule has 0 saturated carbocycles. The first-order valence-electron chi connectivity index (χ1n) is 8.99. The highest BCUT2D eigenvalue weighted by molar-refractivity contribution is 7.89. The summed E-state index contributed by atoms with van der Waals surface area (Å²) in [5.41, 5.74) is 2.31. The minimum absolute atomic E-state index is 0.0662. The van der Waals surface area contributed by atoms with Gasteiger partial charge in [-0.25, -0.2) is 13.1 Å². The molecule has 1 aliphatic heterocycles. The Kier molecular flexibility index (Phi) is 7.25. The first-order chi connectivity index (χ1) is 11.8. The molecule has 2 rings (SSSR count). The van der Waals surface area contributed by atoms with Gasteiger partial charge in [-0.3, -0.25) is 4.90 Å². The lowest BCUT2D eigenvalue weighted by molar-refractivity contribution is 0.113. The van der Waals surface area contributed by atoms with Crippen molar-refractivity contribution in [3.63, 3.8) is 0 Å². The maximum absolute atomic E-state index is 12.1. The quantitative estimate of drug-likeness (QED) is 0.751. The van der Waals surface area contributed by atoms with Gasteiger partial charge in [0.25, 0.3) is 0 Å². The standard InChI is InChI=1S/C18H32N4O2S/c1-5-14-25(23,24)19-15-18(22-12-10-21(4)11-13-22)16-6-8-17(9-7-16)20(2)3/h6-9,18-19H,5,10-15H2,1-4H3. The van der Waals surface area contributed by atoms with Crippen molar-refractivity contribution in [3.05, 3.63) is 29.8 Å². The molecular formula is C18H32N4O2S. The predicted octanol–water partition coefficient (Wildman–Crippen LogP) is 1.37. The van der Waals surface area contributed by atoms with E-state index < -0.39 is 10.0 Å². The van der Waals surface area contributed by atoms with Crippen molar-refractivity contribution in [2.45, 2.75) is 19.4 Å². The molecule has 1 aromatic carbocycles. The summed E-state index contributed by atoms with van der Waals surface area (Å²) in [4.78, 5) is 6.77. The maximum Gasteiger partial charge on any atom is 0.211 e. The lowest BCUT2D eigenvalue weighted by Gasteiger charge is -2.38. The van der Waals surface area contributed by atoms with Crippen LogP contribution in [0.15, 0.2) is 24.3 Å². The molecule has 1 N–H and O–H groups in total. The Bertz CT molecular complexity index is 623. The third kappa shape index (κ3) is 5.95. The van der Waals surface area contributed by atoms with Gasteiger partial charge in [-0.1, -0.05) is 19.1 Å². The first-order valence-corrected chi connectivity index (χ1v) is 10.6. The van der Waals surface area contributed by atoms with Crippen molar-refractivity contribution in [2.24, 2.45) is 0 Å². The largest absolute Gasteiger partial charge is 0.378 e. The van der Waals surface area contributed by atoms with E-state index in [9.17, 15) is 8.42 Å². The monoisotopic (exact) mass is 368 g/mol. The normalized spacial score (nSPS) is 18.2. The van der Waals surface area contributed by atoms with Crippen LogP contribution in [-0.2, 0) is 10.0 Å². The fourth-order valence-corrected chi connectivity index (χ4v) is 4.23. The Labute approximate surface area is 152 Å². The summed E-state index contributed by atoms with van der Waals surface area (Å²) in [6.07, 6.45) is 0.631. The molecule has 0 bridgehead atoms. The van der Waals surface area contributed by atoms with Gasteiger partial charge in [0.2, 0.25) is 10.0 Å². The van der Waals surface area contributed by atoms with Crippen LogP contribution in [0.4, 0.5) is 5.69 Å². The van der Waals surface area contributed by atoms with Crippen LogP contribution in [0.5, 0.6) is 0 Å². The molecular weight excluding hydrogens is 336 g/mol. The van der Waals surface area contributed by atoms with Crippen molar-refractivity contribution < 1.29 is 8.42 Å². The second kappa shape index (κ2) is 8.98. The number of anilines is 1. The number of sulfonamides is 1. The van der Waals surface area contributed by atoms with E-state index in [-0.39, 0.29) is 11.8 Å². The van der Waals surface area contributed by atoms with Gasteiger partial charge in [0.1, 0.15) is 0 Å². The van der Waals surface area contributed by atoms with Crippen molar-refractivity contribution >= 4 is 15.7 Å². The van der Waals surface area contributed by atoms with Gasteiger partial charge >= 0.3 is 0 Å². The van der Waals surface area contributed by atoms with Gasteiger partial charge in [-0.15, -0.1) is 0 Å². The summed E-state index contributed by atoms with van der Waals surface area (Å²) in [7, 11) is 2.97. The molecule has 1 heterocycles. The molecule has 1 saturated heterocycles. The van der Waals surface area contributed by atoms with Gasteiger partial charge in [-0.2, -0.15) is 0 Å². The van der Waals surface area contributed by atoms with E-state index in [2.05, 4.69) is 50.7 Å². The maximum atomic E-state index is 12.1. The number of likely N-dealkylation sites (N-methyl/N-ethyl adjacent to an activating group) is 1. The Morgan fingerprint density at radius 2 is 1.72 bits per heavy atom. The SMILES string of the molecule is CCCS(=O)(=O)NCC(c1ccc(N(C)C)cc1)N1CCN(C)CC1. The highest BCUT2D eigenvalue weighted by Gasteiger charge is 2.25. The molecule has 7 heteroatoms. The summed E-state index contributed by atoms with van der Waals surface area (Å²) in [5.74, 6) is 0.183. The van der Waals surface area contributed by atoms with E-state index in [1.807, 2.05) is 21.0 Å². The summed E-state index contributed by atoms with van der Waals surface area (Å²) in [6.45, 7) is 6.23. The zero-order chi connectivity index (χ0) is 18.4. The molecule has 1 unspecified atom stereocenters.